The van der Waals surface area contributed by atoms with E-state index < -0.39 is 0 Å². The summed E-state index contributed by atoms with van der Waals surface area (Å²) < 4.78 is 0. The Kier molecular flexibility index (Phi) is 5.49. The molecule has 0 aliphatic carbocycles. The molecule has 0 bridgehead atoms. The van der Waals surface area contributed by atoms with E-state index >= 15 is 0 Å². The fourth-order valence-corrected chi connectivity index (χ4v) is 3.54. The van der Waals surface area contributed by atoms with Crippen molar-refractivity contribution in [2.45, 2.75) is 0 Å². The van der Waals surface area contributed by atoms with Gasteiger partial charge in [-0.25, -0.2) is 0 Å². The van der Waals surface area contributed by atoms with Gasteiger partial charge in [-0.3, -0.25) is 9.59 Å². The fourth-order valence-electron chi connectivity index (χ4n) is 2.92. The Bertz CT molecular complexity index is 1120. The van der Waals surface area contributed by atoms with Crippen molar-refractivity contribution in [2.24, 2.45) is 0 Å². The maximum atomic E-state index is 12.6. The molecule has 29 heavy (non-hydrogen) atoms. The molecule has 2 N–H and O–H groups in total. The number of hydrogen-bond acceptors (Lipinski definition) is 3. The van der Waals surface area contributed by atoms with Gasteiger partial charge in [-0.05, 0) is 52.9 Å². The first-order chi connectivity index (χ1) is 14.2. The molecule has 4 aromatic rings. The Morgan fingerprint density at radius 3 is 1.93 bits per heavy atom. The predicted octanol–water partition coefficient (Wildman–Crippen LogP) is 5.92. The molecule has 0 saturated heterocycles. The van der Waals surface area contributed by atoms with E-state index in [4.69, 9.17) is 0 Å². The zero-order valence-electron chi connectivity index (χ0n) is 15.5. The largest absolute Gasteiger partial charge is 0.322 e. The van der Waals surface area contributed by atoms with Crippen LogP contribution in [0.5, 0.6) is 0 Å². The Labute approximate surface area is 172 Å². The average Bonchev–Trinajstić information content (AvgIpc) is 3.30. The monoisotopic (exact) mass is 398 g/mol. The van der Waals surface area contributed by atoms with Crippen LogP contribution in [0.3, 0.4) is 0 Å². The van der Waals surface area contributed by atoms with Crippen LogP contribution in [0, 0.1) is 0 Å². The van der Waals surface area contributed by atoms with E-state index in [-0.39, 0.29) is 11.8 Å². The second-order valence-corrected chi connectivity index (χ2v) is 7.36. The van der Waals surface area contributed by atoms with E-state index in [2.05, 4.69) is 10.6 Å². The van der Waals surface area contributed by atoms with Gasteiger partial charge in [0.2, 0.25) is 0 Å². The van der Waals surface area contributed by atoms with Gasteiger partial charge < -0.3 is 10.6 Å². The lowest BCUT2D eigenvalue weighted by Crippen LogP contribution is -2.13. The molecule has 1 heterocycles. The third-order valence-corrected chi connectivity index (χ3v) is 5.25. The SMILES string of the molecule is O=C(Nc1cccc(NC(=O)c2cccs2)c1)c1ccc(-c2ccccc2)cc1. The number of hydrogen-bond donors (Lipinski definition) is 2. The molecule has 5 heteroatoms. The first kappa shape index (κ1) is 18.7. The number of amides is 2. The number of nitrogens with one attached hydrogen (secondary N) is 2. The molecule has 0 radical (unpaired) electrons. The van der Waals surface area contributed by atoms with Gasteiger partial charge in [0.1, 0.15) is 0 Å². The molecular weight excluding hydrogens is 380 g/mol. The van der Waals surface area contributed by atoms with Crippen LogP contribution in [-0.2, 0) is 0 Å². The number of benzene rings is 3. The van der Waals surface area contributed by atoms with Gasteiger partial charge in [-0.15, -0.1) is 11.3 Å². The van der Waals surface area contributed by atoms with Crippen LogP contribution in [0.15, 0.2) is 96.4 Å². The minimum absolute atomic E-state index is 0.167. The van der Waals surface area contributed by atoms with Crippen molar-refractivity contribution < 1.29 is 9.59 Å². The summed E-state index contributed by atoms with van der Waals surface area (Å²) in [6, 6.07) is 28.2. The van der Waals surface area contributed by atoms with Gasteiger partial charge in [0.15, 0.2) is 0 Å². The number of carbonyl (C=O) groups excluding carboxylic acids is 2. The summed E-state index contributed by atoms with van der Waals surface area (Å²) >= 11 is 1.38. The minimum atomic E-state index is -0.202. The second kappa shape index (κ2) is 8.54. The summed E-state index contributed by atoms with van der Waals surface area (Å²) in [6.45, 7) is 0. The van der Waals surface area contributed by atoms with Crippen molar-refractivity contribution in [1.82, 2.24) is 0 Å². The Balaban J connectivity index is 1.44. The number of rotatable bonds is 5. The topological polar surface area (TPSA) is 58.2 Å². The van der Waals surface area contributed by atoms with Crippen LogP contribution < -0.4 is 10.6 Å². The van der Waals surface area contributed by atoms with Crippen molar-refractivity contribution >= 4 is 34.5 Å². The third-order valence-electron chi connectivity index (χ3n) is 4.38. The molecule has 0 atom stereocenters. The van der Waals surface area contributed by atoms with Crippen LogP contribution in [-0.4, -0.2) is 11.8 Å². The zero-order valence-corrected chi connectivity index (χ0v) is 16.3. The Hall–Kier alpha value is -3.70. The molecule has 0 saturated carbocycles. The lowest BCUT2D eigenvalue weighted by molar-refractivity contribution is 0.102. The Morgan fingerprint density at radius 1 is 0.621 bits per heavy atom. The molecule has 0 unspecified atom stereocenters. The first-order valence-corrected chi connectivity index (χ1v) is 9.99. The molecule has 4 rings (SSSR count). The van der Waals surface area contributed by atoms with Crippen LogP contribution in [0.1, 0.15) is 20.0 Å². The molecule has 2 amide bonds. The maximum absolute atomic E-state index is 12.6. The highest BCUT2D eigenvalue weighted by atomic mass is 32.1. The third kappa shape index (κ3) is 4.59. The van der Waals surface area contributed by atoms with Crippen molar-refractivity contribution in [3.63, 3.8) is 0 Å². The van der Waals surface area contributed by atoms with Crippen molar-refractivity contribution in [2.75, 3.05) is 10.6 Å². The summed E-state index contributed by atoms with van der Waals surface area (Å²) in [5.41, 5.74) is 3.97. The van der Waals surface area contributed by atoms with Crippen LogP contribution in [0.2, 0.25) is 0 Å². The normalized spacial score (nSPS) is 10.3. The highest BCUT2D eigenvalue weighted by Gasteiger charge is 2.09. The molecule has 142 valence electrons. The van der Waals surface area contributed by atoms with E-state index in [0.29, 0.717) is 21.8 Å². The lowest BCUT2D eigenvalue weighted by Gasteiger charge is -2.09. The minimum Gasteiger partial charge on any atom is -0.322 e. The highest BCUT2D eigenvalue weighted by molar-refractivity contribution is 7.12. The standard InChI is InChI=1S/C24H18N2O2S/c27-23(19-13-11-18(12-14-19)17-6-2-1-3-7-17)25-20-8-4-9-21(16-20)26-24(28)22-10-5-15-29-22/h1-16H,(H,25,27)(H,26,28). The lowest BCUT2D eigenvalue weighted by atomic mass is 10.0. The van der Waals surface area contributed by atoms with E-state index in [1.165, 1.54) is 11.3 Å². The van der Waals surface area contributed by atoms with Gasteiger partial charge in [-0.2, -0.15) is 0 Å². The first-order valence-electron chi connectivity index (χ1n) is 9.11. The summed E-state index contributed by atoms with van der Waals surface area (Å²) in [4.78, 5) is 25.4. The summed E-state index contributed by atoms with van der Waals surface area (Å²) in [7, 11) is 0. The molecule has 1 aromatic heterocycles. The van der Waals surface area contributed by atoms with Gasteiger partial charge in [-0.1, -0.05) is 54.6 Å². The summed E-state index contributed by atoms with van der Waals surface area (Å²) in [6.07, 6.45) is 0. The molecule has 0 aliphatic rings. The number of anilines is 2. The maximum Gasteiger partial charge on any atom is 0.265 e. The second-order valence-electron chi connectivity index (χ2n) is 6.41. The van der Waals surface area contributed by atoms with E-state index in [9.17, 15) is 9.59 Å². The van der Waals surface area contributed by atoms with Gasteiger partial charge in [0.05, 0.1) is 4.88 Å². The molecule has 0 fully saturated rings. The van der Waals surface area contributed by atoms with Crippen LogP contribution in [0.4, 0.5) is 11.4 Å². The van der Waals surface area contributed by atoms with Gasteiger partial charge in [0.25, 0.3) is 11.8 Å². The predicted molar refractivity (Wildman–Crippen MR) is 119 cm³/mol. The van der Waals surface area contributed by atoms with Gasteiger partial charge in [0, 0.05) is 16.9 Å². The quantitative estimate of drug-likeness (QED) is 0.438. The van der Waals surface area contributed by atoms with Crippen molar-refractivity contribution in [3.8, 4) is 11.1 Å². The van der Waals surface area contributed by atoms with Crippen LogP contribution >= 0.6 is 11.3 Å². The summed E-state index contributed by atoms with van der Waals surface area (Å²) in [5, 5.41) is 7.58. The van der Waals surface area contributed by atoms with E-state index in [0.717, 1.165) is 11.1 Å². The smallest absolute Gasteiger partial charge is 0.265 e. The molecule has 0 spiro atoms. The highest BCUT2D eigenvalue weighted by Crippen LogP contribution is 2.21. The van der Waals surface area contributed by atoms with Gasteiger partial charge >= 0.3 is 0 Å². The molecule has 4 nitrogen and oxygen atoms in total. The van der Waals surface area contributed by atoms with Crippen LogP contribution in [0.25, 0.3) is 11.1 Å². The Morgan fingerprint density at radius 2 is 1.28 bits per heavy atom. The molecule has 3 aromatic carbocycles. The summed E-state index contributed by atoms with van der Waals surface area (Å²) in [5.74, 6) is -0.369. The molecular formula is C24H18N2O2S. The van der Waals surface area contributed by atoms with E-state index in [1.54, 1.807) is 42.5 Å². The number of carbonyl (C=O) groups is 2. The number of thiophene rings is 1. The fraction of sp³-hybridized carbons (Fsp3) is 0. The average molecular weight is 398 g/mol. The molecule has 0 aliphatic heterocycles. The van der Waals surface area contributed by atoms with E-state index in [1.807, 2.05) is 53.9 Å². The van der Waals surface area contributed by atoms with Crippen molar-refractivity contribution in [1.29, 1.82) is 0 Å². The van der Waals surface area contributed by atoms with Crippen molar-refractivity contribution in [3.05, 3.63) is 107 Å². The zero-order chi connectivity index (χ0) is 20.1.